The quantitative estimate of drug-likeness (QED) is 0.322. The van der Waals surface area contributed by atoms with E-state index in [1.54, 1.807) is 0 Å². The molecule has 0 heterocycles. The summed E-state index contributed by atoms with van der Waals surface area (Å²) in [4.78, 5) is 0. The SMILES string of the molecule is N.O=S(=O)(O)C(F)C(F)(F)C(F)(F)C(F)(F)C(F)(F)C(F)(F)C(F)(F)C(F)(F)C(F)F. The number of hydrogen-bond acceptors (Lipinski definition) is 3. The molecule has 31 heavy (non-hydrogen) atoms. The summed E-state index contributed by atoms with van der Waals surface area (Å²) in [6.45, 7) is 0. The van der Waals surface area contributed by atoms with Crippen LogP contribution >= 0.6 is 0 Å². The minimum absolute atomic E-state index is 0. The van der Waals surface area contributed by atoms with Gasteiger partial charge in [-0.25, -0.2) is 13.2 Å². The summed E-state index contributed by atoms with van der Waals surface area (Å²) in [6.07, 6.45) is -6.01. The molecule has 0 fully saturated rings. The molecule has 190 valence electrons. The van der Waals surface area contributed by atoms with Crippen molar-refractivity contribution in [3.8, 4) is 0 Å². The molecule has 0 radical (unpaired) electrons. The van der Waals surface area contributed by atoms with Gasteiger partial charge in [0.25, 0.3) is 5.50 Å². The second-order valence-electron chi connectivity index (χ2n) is 5.25. The molecule has 0 aliphatic rings. The molecule has 0 saturated heterocycles. The fraction of sp³-hybridized carbons (Fsp3) is 1.00. The van der Waals surface area contributed by atoms with Gasteiger partial charge in [0.15, 0.2) is 0 Å². The second-order valence-corrected chi connectivity index (χ2v) is 6.69. The van der Waals surface area contributed by atoms with E-state index in [9.17, 15) is 83.1 Å². The molecule has 0 rings (SSSR count). The van der Waals surface area contributed by atoms with Crippen LogP contribution in [-0.4, -0.2) is 66.4 Å². The first-order valence-corrected chi connectivity index (χ1v) is 7.63. The van der Waals surface area contributed by atoms with Crippen molar-refractivity contribution in [3.05, 3.63) is 0 Å². The molecule has 0 aliphatic heterocycles. The van der Waals surface area contributed by atoms with Crippen LogP contribution in [0.3, 0.4) is 0 Å². The lowest BCUT2D eigenvalue weighted by Crippen LogP contribution is -2.74. The van der Waals surface area contributed by atoms with Gasteiger partial charge in [-0.1, -0.05) is 0 Å². The van der Waals surface area contributed by atoms with Gasteiger partial charge in [-0.15, -0.1) is 0 Å². The molecule has 0 saturated carbocycles. The van der Waals surface area contributed by atoms with Gasteiger partial charge in [-0.3, -0.25) is 4.55 Å². The summed E-state index contributed by atoms with van der Waals surface area (Å²) in [6, 6.07) is 0. The van der Waals surface area contributed by atoms with Crippen molar-refractivity contribution in [2.24, 2.45) is 0 Å². The van der Waals surface area contributed by atoms with Gasteiger partial charge in [-0.05, 0) is 0 Å². The fourth-order valence-electron chi connectivity index (χ4n) is 1.48. The molecule has 0 aromatic carbocycles. The maximum absolute atomic E-state index is 13.2. The van der Waals surface area contributed by atoms with Crippen molar-refractivity contribution in [1.82, 2.24) is 6.15 Å². The molecule has 1 unspecified atom stereocenters. The van der Waals surface area contributed by atoms with Crippen molar-refractivity contribution in [1.29, 1.82) is 0 Å². The van der Waals surface area contributed by atoms with Crippen molar-refractivity contribution in [2.45, 2.75) is 53.4 Å². The van der Waals surface area contributed by atoms with Gasteiger partial charge in [-0.2, -0.15) is 69.9 Å². The van der Waals surface area contributed by atoms with Gasteiger partial charge < -0.3 is 6.15 Å². The van der Waals surface area contributed by atoms with E-state index in [0.29, 0.717) is 0 Å². The minimum atomic E-state index is -8.78. The first kappa shape index (κ1) is 31.9. The van der Waals surface area contributed by atoms with Gasteiger partial charge in [0.1, 0.15) is 0 Å². The molecule has 4 nitrogen and oxygen atoms in total. The van der Waals surface area contributed by atoms with Crippen LogP contribution in [0.15, 0.2) is 0 Å². The van der Waals surface area contributed by atoms with Crippen molar-refractivity contribution in [2.75, 3.05) is 0 Å². The number of alkyl halides is 17. The van der Waals surface area contributed by atoms with E-state index in [4.69, 9.17) is 4.55 Å². The average molecular weight is 531 g/mol. The van der Waals surface area contributed by atoms with Crippen molar-refractivity contribution in [3.63, 3.8) is 0 Å². The van der Waals surface area contributed by atoms with Crippen LogP contribution in [0.4, 0.5) is 74.6 Å². The van der Waals surface area contributed by atoms with Crippen LogP contribution in [0.2, 0.25) is 0 Å². The predicted molar refractivity (Wildman–Crippen MR) is 62.1 cm³/mol. The Balaban J connectivity index is 0. The second kappa shape index (κ2) is 7.92. The van der Waals surface area contributed by atoms with Gasteiger partial charge in [0.05, 0.1) is 0 Å². The topological polar surface area (TPSA) is 89.4 Å². The van der Waals surface area contributed by atoms with Gasteiger partial charge in [0.2, 0.25) is 0 Å². The first-order valence-electron chi connectivity index (χ1n) is 6.13. The highest BCUT2D eigenvalue weighted by Gasteiger charge is 2.94. The smallest absolute Gasteiger partial charge is 0.344 e. The molecule has 0 spiro atoms. The fourth-order valence-corrected chi connectivity index (χ4v) is 2.00. The van der Waals surface area contributed by atoms with E-state index in [-0.39, 0.29) is 6.15 Å². The Labute approximate surface area is 158 Å². The third kappa shape index (κ3) is 4.09. The van der Waals surface area contributed by atoms with E-state index in [0.717, 1.165) is 0 Å². The van der Waals surface area contributed by atoms with Crippen LogP contribution in [0.25, 0.3) is 0 Å². The van der Waals surface area contributed by atoms with Crippen molar-refractivity contribution >= 4 is 10.1 Å². The van der Waals surface area contributed by atoms with E-state index >= 15 is 0 Å². The zero-order chi connectivity index (χ0) is 25.2. The Morgan fingerprint density at radius 3 is 0.968 bits per heavy atom. The maximum Gasteiger partial charge on any atom is 0.385 e. The highest BCUT2D eigenvalue weighted by Crippen LogP contribution is 2.63. The Morgan fingerprint density at radius 2 is 0.742 bits per heavy atom. The summed E-state index contributed by atoms with van der Waals surface area (Å²) in [7, 11) is -7.18. The van der Waals surface area contributed by atoms with Crippen LogP contribution in [0, 0.1) is 0 Å². The molecule has 0 bridgehead atoms. The largest absolute Gasteiger partial charge is 0.385 e. The Morgan fingerprint density at radius 1 is 0.516 bits per heavy atom. The molecule has 0 aliphatic carbocycles. The number of hydrogen-bond donors (Lipinski definition) is 2. The molecule has 0 aromatic rings. The summed E-state index contributed by atoms with van der Waals surface area (Å²) in [5.74, 6) is -58.3. The Bertz CT molecular complexity index is 748. The summed E-state index contributed by atoms with van der Waals surface area (Å²) in [5, 5.41) is 0. The monoisotopic (exact) mass is 531 g/mol. The molecular weight excluding hydrogens is 525 g/mol. The Hall–Kier alpha value is -1.32. The maximum atomic E-state index is 13.2. The third-order valence-corrected chi connectivity index (χ3v) is 4.05. The molecule has 22 heteroatoms. The summed E-state index contributed by atoms with van der Waals surface area (Å²) >= 11 is 0. The molecule has 1 atom stereocenters. The lowest BCUT2D eigenvalue weighted by atomic mass is 9.89. The van der Waals surface area contributed by atoms with Crippen LogP contribution in [-0.2, 0) is 10.1 Å². The highest BCUT2D eigenvalue weighted by molar-refractivity contribution is 7.86. The lowest BCUT2D eigenvalue weighted by molar-refractivity contribution is -0.448. The Kier molecular flexibility index (Phi) is 8.14. The van der Waals surface area contributed by atoms with Crippen LogP contribution in [0.1, 0.15) is 0 Å². The zero-order valence-electron chi connectivity index (χ0n) is 13.5. The van der Waals surface area contributed by atoms with Crippen molar-refractivity contribution < 1.29 is 87.6 Å². The van der Waals surface area contributed by atoms with Crippen LogP contribution in [0.5, 0.6) is 0 Å². The van der Waals surface area contributed by atoms with Gasteiger partial charge >= 0.3 is 58.0 Å². The number of halogens is 17. The molecule has 0 amide bonds. The standard InChI is InChI=1S/C9H3F17O3S.H3N/c10-1(11)3(13,14)5(17,18)7(21,22)9(25,26)8(23,24)6(19,20)4(15,16)2(12)30(27,28)29;/h1-2H,(H,27,28,29);1H3. The van der Waals surface area contributed by atoms with Gasteiger partial charge in [0, 0.05) is 0 Å². The van der Waals surface area contributed by atoms with E-state index in [1.165, 1.54) is 0 Å². The highest BCUT2D eigenvalue weighted by atomic mass is 32.2. The third-order valence-electron chi connectivity index (χ3n) is 3.24. The molecule has 4 N–H and O–H groups in total. The summed E-state index contributed by atoms with van der Waals surface area (Å²) in [5.41, 5.74) is -5.96. The average Bonchev–Trinajstić information content (AvgIpc) is 2.51. The zero-order valence-corrected chi connectivity index (χ0v) is 14.3. The minimum Gasteiger partial charge on any atom is -0.344 e. The lowest BCUT2D eigenvalue weighted by Gasteiger charge is -2.42. The molecule has 0 aromatic heterocycles. The first-order chi connectivity index (χ1) is 12.6. The number of rotatable bonds is 9. The predicted octanol–water partition coefficient (Wildman–Crippen LogP) is 5.04. The van der Waals surface area contributed by atoms with Crippen LogP contribution < -0.4 is 6.15 Å². The normalized spacial score (nSPS) is 16.9. The summed E-state index contributed by atoms with van der Waals surface area (Å²) < 4.78 is 246. The molecular formula is C9H6F17NO3S. The van der Waals surface area contributed by atoms with E-state index < -0.39 is 63.5 Å². The van der Waals surface area contributed by atoms with E-state index in [2.05, 4.69) is 0 Å². The van der Waals surface area contributed by atoms with E-state index in [1.807, 2.05) is 0 Å².